The van der Waals surface area contributed by atoms with Crippen molar-refractivity contribution in [3.05, 3.63) is 71.8 Å². The van der Waals surface area contributed by atoms with Gasteiger partial charge in [-0.3, -0.25) is 10.1 Å². The normalized spacial score (nSPS) is 10.9. The second kappa shape index (κ2) is 7.20. The number of para-hydroxylation sites is 1. The Morgan fingerprint density at radius 2 is 2.04 bits per heavy atom. The van der Waals surface area contributed by atoms with Gasteiger partial charge in [0, 0.05) is 25.0 Å². The lowest BCUT2D eigenvalue weighted by atomic mass is 10.2. The van der Waals surface area contributed by atoms with Crippen LogP contribution >= 0.6 is 11.3 Å². The number of benzene rings is 2. The van der Waals surface area contributed by atoms with E-state index in [-0.39, 0.29) is 5.91 Å². The number of imidazole rings is 1. The summed E-state index contributed by atoms with van der Waals surface area (Å²) in [4.78, 5) is 21.2. The Balaban J connectivity index is 1.42. The van der Waals surface area contributed by atoms with E-state index in [9.17, 15) is 4.79 Å². The number of carbonyl (C=O) groups excluding carboxylic acids is 1. The number of fused-ring (bicyclic) bond motifs is 1. The average Bonchev–Trinajstić information content (AvgIpc) is 3.27. The van der Waals surface area contributed by atoms with Gasteiger partial charge in [0.2, 0.25) is 0 Å². The van der Waals surface area contributed by atoms with Crippen LogP contribution in [0.2, 0.25) is 0 Å². The molecule has 2 aromatic carbocycles. The van der Waals surface area contributed by atoms with Gasteiger partial charge in [-0.05, 0) is 42.8 Å². The monoisotopic (exact) mass is 378 g/mol. The molecule has 0 aliphatic carbocycles. The third-order valence-electron chi connectivity index (χ3n) is 4.25. The van der Waals surface area contributed by atoms with Gasteiger partial charge in [-0.1, -0.05) is 23.5 Å². The molecule has 6 nitrogen and oxygen atoms in total. The maximum Gasteiger partial charge on any atom is 0.257 e. The fourth-order valence-corrected chi connectivity index (χ4v) is 3.63. The number of nitrogens with zero attached hydrogens (tertiary/aromatic N) is 3. The number of anilines is 1. The first-order valence-electron chi connectivity index (χ1n) is 8.47. The number of amides is 1. The minimum atomic E-state index is -0.192. The van der Waals surface area contributed by atoms with Crippen molar-refractivity contribution in [2.75, 3.05) is 5.32 Å². The lowest BCUT2D eigenvalue weighted by Gasteiger charge is -2.07. The topological polar surface area (TPSA) is 69.0 Å². The molecule has 4 rings (SSSR count). The zero-order valence-corrected chi connectivity index (χ0v) is 15.8. The fourth-order valence-electron chi connectivity index (χ4n) is 2.69. The lowest BCUT2D eigenvalue weighted by molar-refractivity contribution is 0.102. The summed E-state index contributed by atoms with van der Waals surface area (Å²) in [5.41, 5.74) is 2.57. The van der Waals surface area contributed by atoms with E-state index in [1.807, 2.05) is 42.9 Å². The molecule has 4 aromatic rings. The summed E-state index contributed by atoms with van der Waals surface area (Å²) in [5.74, 6) is 1.33. The first-order valence-corrected chi connectivity index (χ1v) is 9.28. The van der Waals surface area contributed by atoms with Crippen LogP contribution in [-0.4, -0.2) is 20.4 Å². The molecule has 0 saturated carbocycles. The quantitative estimate of drug-likeness (QED) is 0.566. The summed E-state index contributed by atoms with van der Waals surface area (Å²) in [6.45, 7) is 2.39. The predicted molar refractivity (Wildman–Crippen MR) is 106 cm³/mol. The molecule has 1 N–H and O–H groups in total. The van der Waals surface area contributed by atoms with Gasteiger partial charge in [0.25, 0.3) is 5.91 Å². The third kappa shape index (κ3) is 3.68. The van der Waals surface area contributed by atoms with Gasteiger partial charge in [0.1, 0.15) is 18.2 Å². The summed E-state index contributed by atoms with van der Waals surface area (Å²) < 4.78 is 8.67. The number of nitrogens with one attached hydrogen (secondary N) is 1. The summed E-state index contributed by atoms with van der Waals surface area (Å²) in [6, 6.07) is 13.0. The van der Waals surface area contributed by atoms with Crippen LogP contribution in [0.5, 0.6) is 5.75 Å². The molecule has 2 aromatic heterocycles. The second-order valence-corrected chi connectivity index (χ2v) is 7.19. The van der Waals surface area contributed by atoms with E-state index in [0.29, 0.717) is 23.1 Å². The molecule has 1 amide bonds. The van der Waals surface area contributed by atoms with Crippen molar-refractivity contribution >= 4 is 32.6 Å². The van der Waals surface area contributed by atoms with Crippen molar-refractivity contribution in [3.63, 3.8) is 0 Å². The number of aromatic nitrogens is 3. The summed E-state index contributed by atoms with van der Waals surface area (Å²) in [7, 11) is 1.92. The molecule has 0 aliphatic heterocycles. The second-order valence-electron chi connectivity index (χ2n) is 6.16. The maximum atomic E-state index is 12.5. The van der Waals surface area contributed by atoms with E-state index in [2.05, 4.69) is 15.3 Å². The van der Waals surface area contributed by atoms with Gasteiger partial charge >= 0.3 is 0 Å². The Morgan fingerprint density at radius 3 is 2.74 bits per heavy atom. The molecule has 0 atom stereocenters. The first-order chi connectivity index (χ1) is 13.1. The van der Waals surface area contributed by atoms with Gasteiger partial charge in [-0.15, -0.1) is 0 Å². The Morgan fingerprint density at radius 1 is 1.22 bits per heavy atom. The third-order valence-corrected chi connectivity index (χ3v) is 5.18. The smallest absolute Gasteiger partial charge is 0.257 e. The molecule has 0 fully saturated rings. The summed E-state index contributed by atoms with van der Waals surface area (Å²) >= 11 is 1.47. The highest BCUT2D eigenvalue weighted by molar-refractivity contribution is 7.22. The predicted octanol–water partition coefficient (Wildman–Crippen LogP) is 4.17. The molecule has 0 unspecified atom stereocenters. The molecule has 136 valence electrons. The highest BCUT2D eigenvalue weighted by Gasteiger charge is 2.11. The van der Waals surface area contributed by atoms with Crippen molar-refractivity contribution in [1.29, 1.82) is 0 Å². The number of ether oxygens (including phenoxy) is 1. The van der Waals surface area contributed by atoms with Crippen molar-refractivity contribution in [2.45, 2.75) is 13.5 Å². The van der Waals surface area contributed by atoms with Crippen molar-refractivity contribution < 1.29 is 9.53 Å². The van der Waals surface area contributed by atoms with Crippen molar-refractivity contribution in [2.24, 2.45) is 7.05 Å². The largest absolute Gasteiger partial charge is 0.486 e. The van der Waals surface area contributed by atoms with Gasteiger partial charge in [0.15, 0.2) is 5.13 Å². The molecule has 2 heterocycles. The minimum absolute atomic E-state index is 0.192. The SMILES string of the molecule is Cc1cccc2sc(NC(=O)c3ccc(OCc4nccn4C)cc3)nc12. The first kappa shape index (κ1) is 17.2. The van der Waals surface area contributed by atoms with E-state index in [1.54, 1.807) is 30.5 Å². The molecule has 0 radical (unpaired) electrons. The molecular weight excluding hydrogens is 360 g/mol. The molecule has 7 heteroatoms. The van der Waals surface area contributed by atoms with Crippen molar-refractivity contribution in [1.82, 2.24) is 14.5 Å². The van der Waals surface area contributed by atoms with E-state index in [1.165, 1.54) is 11.3 Å². The van der Waals surface area contributed by atoms with Gasteiger partial charge in [-0.25, -0.2) is 9.97 Å². The molecule has 0 aliphatic rings. The van der Waals surface area contributed by atoms with Crippen LogP contribution in [0.4, 0.5) is 5.13 Å². The van der Waals surface area contributed by atoms with Crippen LogP contribution < -0.4 is 10.1 Å². The minimum Gasteiger partial charge on any atom is -0.486 e. The van der Waals surface area contributed by atoms with Gasteiger partial charge in [-0.2, -0.15) is 0 Å². The van der Waals surface area contributed by atoms with Crippen LogP contribution in [0, 0.1) is 6.92 Å². The Bertz CT molecular complexity index is 1100. The zero-order chi connectivity index (χ0) is 18.8. The number of hydrogen-bond acceptors (Lipinski definition) is 5. The maximum absolute atomic E-state index is 12.5. The number of carbonyl (C=O) groups is 1. The molecule has 0 spiro atoms. The van der Waals surface area contributed by atoms with E-state index in [0.717, 1.165) is 21.6 Å². The molecule has 0 bridgehead atoms. The van der Waals surface area contributed by atoms with Crippen molar-refractivity contribution in [3.8, 4) is 5.75 Å². The molecule has 27 heavy (non-hydrogen) atoms. The number of rotatable bonds is 5. The van der Waals surface area contributed by atoms with Crippen LogP contribution in [0.25, 0.3) is 10.2 Å². The van der Waals surface area contributed by atoms with E-state index >= 15 is 0 Å². The van der Waals surface area contributed by atoms with Gasteiger partial charge in [0.05, 0.1) is 10.2 Å². The number of thiazole rings is 1. The van der Waals surface area contributed by atoms with Crippen LogP contribution in [0.15, 0.2) is 54.9 Å². The van der Waals surface area contributed by atoms with Crippen LogP contribution in [0.3, 0.4) is 0 Å². The van der Waals surface area contributed by atoms with E-state index < -0.39 is 0 Å². The summed E-state index contributed by atoms with van der Waals surface area (Å²) in [5, 5.41) is 3.47. The average molecular weight is 378 g/mol. The van der Waals surface area contributed by atoms with Gasteiger partial charge < -0.3 is 9.30 Å². The Kier molecular flexibility index (Phi) is 4.60. The fraction of sp³-hybridized carbons (Fsp3) is 0.150. The standard InChI is InChI=1S/C20H18N4O2S/c1-13-4-3-5-16-18(13)22-20(27-16)23-19(25)14-6-8-15(9-7-14)26-12-17-21-10-11-24(17)2/h3-11H,12H2,1-2H3,(H,22,23,25). The highest BCUT2D eigenvalue weighted by atomic mass is 32.1. The van der Waals surface area contributed by atoms with Crippen LogP contribution in [0.1, 0.15) is 21.7 Å². The highest BCUT2D eigenvalue weighted by Crippen LogP contribution is 2.28. The zero-order valence-electron chi connectivity index (χ0n) is 15.0. The lowest BCUT2D eigenvalue weighted by Crippen LogP contribution is -2.11. The Hall–Kier alpha value is -3.19. The number of hydrogen-bond donors (Lipinski definition) is 1. The summed E-state index contributed by atoms with van der Waals surface area (Å²) in [6.07, 6.45) is 3.60. The Labute approximate surface area is 160 Å². The number of aryl methyl sites for hydroxylation is 2. The molecule has 0 saturated heterocycles. The molecular formula is C20H18N4O2S. The van der Waals surface area contributed by atoms with E-state index in [4.69, 9.17) is 4.74 Å². The van der Waals surface area contributed by atoms with Crippen LogP contribution in [-0.2, 0) is 13.7 Å².